The molecule has 0 fully saturated rings. The van der Waals surface area contributed by atoms with Crippen molar-refractivity contribution in [3.63, 3.8) is 0 Å². The van der Waals surface area contributed by atoms with Crippen LogP contribution >= 0.6 is 0 Å². The average molecular weight is 235 g/mol. The van der Waals surface area contributed by atoms with Crippen LogP contribution in [0.25, 0.3) is 0 Å². The number of ether oxygens (including phenoxy) is 1. The fourth-order valence-electron chi connectivity index (χ4n) is 1.93. The first-order valence-electron chi connectivity index (χ1n) is 5.98. The minimum absolute atomic E-state index is 0.301. The maximum atomic E-state index is 11.6. The van der Waals surface area contributed by atoms with Crippen LogP contribution in [0.15, 0.2) is 24.3 Å². The largest absolute Gasteiger partial charge is 0.465 e. The monoisotopic (exact) mass is 235 g/mol. The van der Waals surface area contributed by atoms with Crippen molar-refractivity contribution in [3.8, 4) is 0 Å². The molecule has 17 heavy (non-hydrogen) atoms. The number of carbonyl (C=O) groups is 1. The Morgan fingerprint density at radius 1 is 1.29 bits per heavy atom. The van der Waals surface area contributed by atoms with E-state index in [0.717, 1.165) is 12.1 Å². The second kappa shape index (κ2) is 6.28. The van der Waals surface area contributed by atoms with Gasteiger partial charge in [0, 0.05) is 11.7 Å². The Kier molecular flexibility index (Phi) is 5.01. The van der Waals surface area contributed by atoms with E-state index >= 15 is 0 Å². The average Bonchev–Trinajstić information content (AvgIpc) is 2.27. The van der Waals surface area contributed by atoms with Crippen molar-refractivity contribution in [2.45, 2.75) is 33.2 Å². The maximum absolute atomic E-state index is 11.6. The summed E-state index contributed by atoms with van der Waals surface area (Å²) in [6.07, 6.45) is 1.06. The standard InChI is InChI=1S/C14H21NO2/c1-10(2)9-11(3)15-13-8-6-5-7-12(13)14(16)17-4/h5-8,10-11,15H,9H2,1-4H3. The highest BCUT2D eigenvalue weighted by Gasteiger charge is 2.13. The summed E-state index contributed by atoms with van der Waals surface area (Å²) in [5, 5.41) is 3.36. The number of para-hydroxylation sites is 1. The number of anilines is 1. The molecule has 3 nitrogen and oxygen atoms in total. The predicted octanol–water partition coefficient (Wildman–Crippen LogP) is 3.32. The molecule has 0 saturated carbocycles. The lowest BCUT2D eigenvalue weighted by Crippen LogP contribution is -2.19. The Morgan fingerprint density at radius 3 is 2.53 bits per heavy atom. The van der Waals surface area contributed by atoms with Crippen molar-refractivity contribution in [3.05, 3.63) is 29.8 Å². The third-order valence-electron chi connectivity index (χ3n) is 2.56. The highest BCUT2D eigenvalue weighted by molar-refractivity contribution is 5.95. The zero-order valence-corrected chi connectivity index (χ0v) is 11.0. The molecule has 1 N–H and O–H groups in total. The molecule has 0 heterocycles. The topological polar surface area (TPSA) is 38.3 Å². The Hall–Kier alpha value is -1.51. The fourth-order valence-corrected chi connectivity index (χ4v) is 1.93. The van der Waals surface area contributed by atoms with E-state index < -0.39 is 0 Å². The van der Waals surface area contributed by atoms with Crippen molar-refractivity contribution in [1.29, 1.82) is 0 Å². The highest BCUT2D eigenvalue weighted by Crippen LogP contribution is 2.18. The second-order valence-corrected chi connectivity index (χ2v) is 4.71. The smallest absolute Gasteiger partial charge is 0.339 e. The van der Waals surface area contributed by atoms with Crippen LogP contribution in [0.2, 0.25) is 0 Å². The summed E-state index contributed by atoms with van der Waals surface area (Å²) < 4.78 is 4.76. The van der Waals surface area contributed by atoms with Crippen LogP contribution in [-0.4, -0.2) is 19.1 Å². The molecule has 1 rings (SSSR count). The number of rotatable bonds is 5. The Morgan fingerprint density at radius 2 is 1.94 bits per heavy atom. The summed E-state index contributed by atoms with van der Waals surface area (Å²) in [4.78, 5) is 11.6. The molecule has 0 aromatic heterocycles. The van der Waals surface area contributed by atoms with E-state index in [1.807, 2.05) is 18.2 Å². The van der Waals surface area contributed by atoms with Gasteiger partial charge < -0.3 is 10.1 Å². The molecule has 0 amide bonds. The molecule has 0 bridgehead atoms. The van der Waals surface area contributed by atoms with Crippen molar-refractivity contribution >= 4 is 11.7 Å². The zero-order chi connectivity index (χ0) is 12.8. The van der Waals surface area contributed by atoms with Gasteiger partial charge in [-0.2, -0.15) is 0 Å². The number of hydrogen-bond acceptors (Lipinski definition) is 3. The van der Waals surface area contributed by atoms with Gasteiger partial charge in [0.2, 0.25) is 0 Å². The molecule has 0 saturated heterocycles. The first-order valence-corrected chi connectivity index (χ1v) is 5.98. The van der Waals surface area contributed by atoms with Crippen molar-refractivity contribution in [2.24, 2.45) is 5.92 Å². The van der Waals surface area contributed by atoms with Crippen LogP contribution in [0, 0.1) is 5.92 Å². The van der Waals surface area contributed by atoms with E-state index in [1.165, 1.54) is 7.11 Å². The molecule has 1 unspecified atom stereocenters. The van der Waals surface area contributed by atoms with Crippen LogP contribution < -0.4 is 5.32 Å². The van der Waals surface area contributed by atoms with Crippen LogP contribution in [0.4, 0.5) is 5.69 Å². The summed E-state index contributed by atoms with van der Waals surface area (Å²) in [5.74, 6) is 0.327. The summed E-state index contributed by atoms with van der Waals surface area (Å²) in [5.41, 5.74) is 1.43. The molecule has 0 aliphatic carbocycles. The SMILES string of the molecule is COC(=O)c1ccccc1NC(C)CC(C)C. The molecule has 0 radical (unpaired) electrons. The normalized spacial score (nSPS) is 12.3. The van der Waals surface area contributed by atoms with E-state index in [-0.39, 0.29) is 5.97 Å². The van der Waals surface area contributed by atoms with Crippen molar-refractivity contribution in [2.75, 3.05) is 12.4 Å². The third kappa shape index (κ3) is 4.10. The molecule has 0 aliphatic rings. The van der Waals surface area contributed by atoms with Crippen LogP contribution in [-0.2, 0) is 4.74 Å². The minimum Gasteiger partial charge on any atom is -0.465 e. The van der Waals surface area contributed by atoms with Gasteiger partial charge in [-0.15, -0.1) is 0 Å². The molecule has 94 valence electrons. The second-order valence-electron chi connectivity index (χ2n) is 4.71. The number of nitrogens with one attached hydrogen (secondary N) is 1. The Balaban J connectivity index is 2.80. The predicted molar refractivity (Wildman–Crippen MR) is 70.3 cm³/mol. The van der Waals surface area contributed by atoms with Crippen LogP contribution in [0.1, 0.15) is 37.6 Å². The lowest BCUT2D eigenvalue weighted by Gasteiger charge is -2.18. The van der Waals surface area contributed by atoms with Gasteiger partial charge in [0.15, 0.2) is 0 Å². The van der Waals surface area contributed by atoms with Crippen molar-refractivity contribution in [1.82, 2.24) is 0 Å². The maximum Gasteiger partial charge on any atom is 0.339 e. The lowest BCUT2D eigenvalue weighted by atomic mass is 10.0. The molecular weight excluding hydrogens is 214 g/mol. The quantitative estimate of drug-likeness (QED) is 0.796. The number of benzene rings is 1. The van der Waals surface area contributed by atoms with Gasteiger partial charge in [-0.05, 0) is 31.4 Å². The lowest BCUT2D eigenvalue weighted by molar-refractivity contribution is 0.0602. The first kappa shape index (κ1) is 13.6. The Bertz CT molecular complexity index is 374. The number of carbonyl (C=O) groups excluding carboxylic acids is 1. The number of methoxy groups -OCH3 is 1. The van der Waals surface area contributed by atoms with Crippen molar-refractivity contribution < 1.29 is 9.53 Å². The van der Waals surface area contributed by atoms with E-state index in [9.17, 15) is 4.79 Å². The van der Waals surface area contributed by atoms with E-state index in [4.69, 9.17) is 4.74 Å². The summed E-state index contributed by atoms with van der Waals surface area (Å²) in [6.45, 7) is 6.49. The molecule has 0 aliphatic heterocycles. The zero-order valence-electron chi connectivity index (χ0n) is 11.0. The first-order chi connectivity index (χ1) is 8.04. The number of hydrogen-bond donors (Lipinski definition) is 1. The van der Waals surface area contributed by atoms with Gasteiger partial charge in [-0.3, -0.25) is 0 Å². The van der Waals surface area contributed by atoms with Gasteiger partial charge in [-0.25, -0.2) is 4.79 Å². The molecule has 0 spiro atoms. The van der Waals surface area contributed by atoms with E-state index in [2.05, 4.69) is 26.1 Å². The third-order valence-corrected chi connectivity index (χ3v) is 2.56. The summed E-state index contributed by atoms with van der Waals surface area (Å²) in [6, 6.07) is 7.77. The van der Waals surface area contributed by atoms with E-state index in [1.54, 1.807) is 6.07 Å². The molecule has 1 atom stereocenters. The summed E-state index contributed by atoms with van der Waals surface area (Å²) in [7, 11) is 1.40. The van der Waals surface area contributed by atoms with Crippen LogP contribution in [0.3, 0.4) is 0 Å². The molecule has 1 aromatic carbocycles. The number of esters is 1. The molecule has 1 aromatic rings. The molecule has 3 heteroatoms. The van der Waals surface area contributed by atoms with Crippen LogP contribution in [0.5, 0.6) is 0 Å². The minimum atomic E-state index is -0.301. The highest BCUT2D eigenvalue weighted by atomic mass is 16.5. The van der Waals surface area contributed by atoms with Gasteiger partial charge in [0.25, 0.3) is 0 Å². The molecular formula is C14H21NO2. The van der Waals surface area contributed by atoms with Gasteiger partial charge in [0.05, 0.1) is 12.7 Å². The van der Waals surface area contributed by atoms with E-state index in [0.29, 0.717) is 17.5 Å². The van der Waals surface area contributed by atoms with Gasteiger partial charge >= 0.3 is 5.97 Å². The summed E-state index contributed by atoms with van der Waals surface area (Å²) >= 11 is 0. The van der Waals surface area contributed by atoms with Gasteiger partial charge in [-0.1, -0.05) is 26.0 Å². The Labute approximate surface area is 103 Å². The fraction of sp³-hybridized carbons (Fsp3) is 0.500. The van der Waals surface area contributed by atoms with Gasteiger partial charge in [0.1, 0.15) is 0 Å².